The quantitative estimate of drug-likeness (QED) is 0.477. The average molecular weight is 160 g/mol. The molecule has 0 radical (unpaired) electrons. The van der Waals surface area contributed by atoms with Crippen molar-refractivity contribution in [2.45, 2.75) is 27.7 Å². The van der Waals surface area contributed by atoms with E-state index in [1.165, 1.54) is 0 Å². The monoisotopic (exact) mass is 160 g/mol. The zero-order valence-electron chi connectivity index (χ0n) is 8.31. The zero-order valence-corrected chi connectivity index (χ0v) is 8.31. The van der Waals surface area contributed by atoms with Gasteiger partial charge in [0.25, 0.3) is 0 Å². The van der Waals surface area contributed by atoms with Crippen LogP contribution < -0.4 is 0 Å². The minimum Gasteiger partial charge on any atom is -0.0780 e. The highest BCUT2D eigenvalue weighted by molar-refractivity contribution is 5.51. The van der Waals surface area contributed by atoms with Gasteiger partial charge in [-0.2, -0.15) is 0 Å². The first-order valence-corrected chi connectivity index (χ1v) is 4.89. The summed E-state index contributed by atoms with van der Waals surface area (Å²) in [5.74, 6) is 1.75. The summed E-state index contributed by atoms with van der Waals surface area (Å²) in [5.41, 5.74) is 4.36. The third-order valence-electron chi connectivity index (χ3n) is 4.48. The van der Waals surface area contributed by atoms with Crippen molar-refractivity contribution in [1.82, 2.24) is 0 Å². The highest BCUT2D eigenvalue weighted by Crippen LogP contribution is 2.78. The molecule has 0 heteroatoms. The van der Waals surface area contributed by atoms with E-state index in [9.17, 15) is 0 Å². The smallest absolute Gasteiger partial charge is 0.000362 e. The van der Waals surface area contributed by atoms with Crippen LogP contribution in [0.3, 0.4) is 0 Å². The first-order chi connectivity index (χ1) is 5.50. The Hall–Kier alpha value is -0.520. The summed E-state index contributed by atoms with van der Waals surface area (Å²) in [6.07, 6.45) is 4.97. The van der Waals surface area contributed by atoms with Crippen molar-refractivity contribution < 1.29 is 0 Å². The minimum atomic E-state index is 0.553. The molecule has 0 amide bonds. The Morgan fingerprint density at radius 2 is 1.25 bits per heavy atom. The van der Waals surface area contributed by atoms with Crippen LogP contribution in [0.4, 0.5) is 0 Å². The fourth-order valence-electron chi connectivity index (χ4n) is 4.83. The standard InChI is InChI=1S/C12H16/c1-7-5-11(3)9(7)12(4)6-8(2)10(11)12/h5-6,9-10H,1-4H3. The van der Waals surface area contributed by atoms with Crippen molar-refractivity contribution in [3.63, 3.8) is 0 Å². The predicted molar refractivity (Wildman–Crippen MR) is 50.7 cm³/mol. The molecule has 0 aromatic heterocycles. The molecule has 0 heterocycles. The Morgan fingerprint density at radius 3 is 1.50 bits per heavy atom. The molecule has 64 valence electrons. The number of hydrogen-bond acceptors (Lipinski definition) is 0. The van der Waals surface area contributed by atoms with Crippen molar-refractivity contribution in [2.75, 3.05) is 0 Å². The van der Waals surface area contributed by atoms with Gasteiger partial charge >= 0.3 is 0 Å². The molecule has 0 N–H and O–H groups in total. The first-order valence-electron chi connectivity index (χ1n) is 4.89. The van der Waals surface area contributed by atoms with E-state index in [0.717, 1.165) is 11.8 Å². The zero-order chi connectivity index (χ0) is 8.72. The van der Waals surface area contributed by atoms with Crippen molar-refractivity contribution in [3.8, 4) is 0 Å². The SMILES string of the molecule is CC1=CC2(C)C1C1(C)C=C(C)C21. The van der Waals surface area contributed by atoms with E-state index in [-0.39, 0.29) is 0 Å². The van der Waals surface area contributed by atoms with Crippen LogP contribution in [-0.2, 0) is 0 Å². The molecule has 0 aromatic carbocycles. The van der Waals surface area contributed by atoms with Gasteiger partial charge in [-0.15, -0.1) is 0 Å². The van der Waals surface area contributed by atoms with Crippen LogP contribution in [0.25, 0.3) is 0 Å². The number of rotatable bonds is 0. The fourth-order valence-corrected chi connectivity index (χ4v) is 4.83. The van der Waals surface area contributed by atoms with Crippen LogP contribution in [0, 0.1) is 22.7 Å². The summed E-state index contributed by atoms with van der Waals surface area (Å²) in [7, 11) is 0. The van der Waals surface area contributed by atoms with Crippen molar-refractivity contribution in [2.24, 2.45) is 22.7 Å². The van der Waals surface area contributed by atoms with Crippen molar-refractivity contribution in [3.05, 3.63) is 23.3 Å². The molecule has 1 saturated carbocycles. The van der Waals surface area contributed by atoms with Crippen molar-refractivity contribution in [1.29, 1.82) is 0 Å². The molecule has 3 rings (SSSR count). The average Bonchev–Trinajstić information content (AvgIpc) is 1.81. The van der Waals surface area contributed by atoms with E-state index in [4.69, 9.17) is 0 Å². The Kier molecular flexibility index (Phi) is 0.839. The maximum atomic E-state index is 2.49. The third kappa shape index (κ3) is 0.396. The topological polar surface area (TPSA) is 0 Å². The molecular formula is C12H16. The van der Waals surface area contributed by atoms with E-state index in [0.29, 0.717) is 10.8 Å². The molecule has 0 aromatic rings. The highest BCUT2D eigenvalue weighted by Gasteiger charge is 2.72. The van der Waals surface area contributed by atoms with Gasteiger partial charge in [-0.05, 0) is 25.7 Å². The summed E-state index contributed by atoms with van der Waals surface area (Å²) >= 11 is 0. The Bertz CT molecular complexity index is 288. The lowest BCUT2D eigenvalue weighted by molar-refractivity contribution is -0.128. The second-order valence-corrected chi connectivity index (χ2v) is 5.37. The van der Waals surface area contributed by atoms with Crippen LogP contribution >= 0.6 is 0 Å². The summed E-state index contributed by atoms with van der Waals surface area (Å²) < 4.78 is 0. The minimum absolute atomic E-state index is 0.553. The molecule has 0 spiro atoms. The van der Waals surface area contributed by atoms with Gasteiger partial charge in [0.2, 0.25) is 0 Å². The third-order valence-corrected chi connectivity index (χ3v) is 4.48. The van der Waals surface area contributed by atoms with Gasteiger partial charge in [0.05, 0.1) is 0 Å². The van der Waals surface area contributed by atoms with E-state index in [2.05, 4.69) is 39.8 Å². The predicted octanol–water partition coefficient (Wildman–Crippen LogP) is 3.16. The van der Waals surface area contributed by atoms with Gasteiger partial charge in [-0.3, -0.25) is 0 Å². The van der Waals surface area contributed by atoms with E-state index in [1.54, 1.807) is 11.1 Å². The summed E-state index contributed by atoms with van der Waals surface area (Å²) in [6, 6.07) is 0. The number of fused-ring (bicyclic) bond motifs is 4. The maximum Gasteiger partial charge on any atom is 0.000362 e. The van der Waals surface area contributed by atoms with E-state index in [1.807, 2.05) is 0 Å². The highest BCUT2D eigenvalue weighted by atomic mass is 14.8. The second-order valence-electron chi connectivity index (χ2n) is 5.37. The Balaban J connectivity index is 2.10. The van der Waals surface area contributed by atoms with Gasteiger partial charge in [-0.1, -0.05) is 37.1 Å². The molecule has 3 aliphatic carbocycles. The summed E-state index contributed by atoms with van der Waals surface area (Å²) in [5, 5.41) is 0. The van der Waals surface area contributed by atoms with Gasteiger partial charge in [0.15, 0.2) is 0 Å². The van der Waals surface area contributed by atoms with Crippen molar-refractivity contribution >= 4 is 0 Å². The summed E-state index contributed by atoms with van der Waals surface area (Å²) in [6.45, 7) is 9.42. The summed E-state index contributed by atoms with van der Waals surface area (Å²) in [4.78, 5) is 0. The van der Waals surface area contributed by atoms with Gasteiger partial charge in [0, 0.05) is 10.8 Å². The van der Waals surface area contributed by atoms with Gasteiger partial charge in [0.1, 0.15) is 0 Å². The lowest BCUT2D eigenvalue weighted by atomic mass is 9.28. The molecule has 0 aliphatic heterocycles. The van der Waals surface area contributed by atoms with Gasteiger partial charge < -0.3 is 0 Å². The van der Waals surface area contributed by atoms with Gasteiger partial charge in [-0.25, -0.2) is 0 Å². The molecule has 0 unspecified atom stereocenters. The molecule has 0 bridgehead atoms. The van der Waals surface area contributed by atoms with Crippen LogP contribution in [0.2, 0.25) is 0 Å². The molecule has 12 heavy (non-hydrogen) atoms. The van der Waals surface area contributed by atoms with E-state index >= 15 is 0 Å². The molecule has 1 fully saturated rings. The first kappa shape index (κ1) is 6.94. The molecule has 3 aliphatic rings. The fraction of sp³-hybridized carbons (Fsp3) is 0.667. The Labute approximate surface area is 74.4 Å². The molecule has 0 atom stereocenters. The second kappa shape index (κ2) is 1.45. The normalized spacial score (nSPS) is 59.7. The maximum absolute atomic E-state index is 2.49. The number of hydrogen-bond donors (Lipinski definition) is 0. The van der Waals surface area contributed by atoms with E-state index < -0.39 is 0 Å². The Morgan fingerprint density at radius 1 is 0.917 bits per heavy atom. The molecular weight excluding hydrogens is 144 g/mol. The number of allylic oxidation sites excluding steroid dienone is 4. The molecule has 0 saturated heterocycles. The van der Waals surface area contributed by atoms with Crippen LogP contribution in [0.1, 0.15) is 27.7 Å². The lowest BCUT2D eigenvalue weighted by Crippen LogP contribution is -2.69. The van der Waals surface area contributed by atoms with Crippen LogP contribution in [-0.4, -0.2) is 0 Å². The lowest BCUT2D eigenvalue weighted by Gasteiger charge is -2.75. The van der Waals surface area contributed by atoms with Crippen LogP contribution in [0.5, 0.6) is 0 Å². The largest absolute Gasteiger partial charge is 0.0780 e. The molecule has 0 nitrogen and oxygen atoms in total. The van der Waals surface area contributed by atoms with Crippen LogP contribution in [0.15, 0.2) is 23.3 Å².